The van der Waals surface area contributed by atoms with Crippen molar-refractivity contribution in [3.05, 3.63) is 118 Å². The van der Waals surface area contributed by atoms with Crippen molar-refractivity contribution < 1.29 is 43.3 Å². The van der Waals surface area contributed by atoms with Crippen LogP contribution in [0, 0.1) is 427 Å². The summed E-state index contributed by atoms with van der Waals surface area (Å²) in [6, 6.07) is 21.5. The highest BCUT2D eigenvalue weighted by Gasteiger charge is 2.34. The first-order chi connectivity index (χ1) is 64.1. The number of aliphatic carboxylic acids is 1. The Morgan fingerprint density at radius 1 is 0.371 bits per heavy atom. The van der Waals surface area contributed by atoms with Crippen LogP contribution in [0.5, 0.6) is 0 Å². The molecular weight excluding hydrogens is 1730 g/mol. The van der Waals surface area contributed by atoms with Gasteiger partial charge >= 0.3 is 5.97 Å². The molecule has 0 radical (unpaired) electrons. The van der Waals surface area contributed by atoms with E-state index in [0.29, 0.717) is 29.4 Å². The summed E-state index contributed by atoms with van der Waals surface area (Å²) >= 11 is 19.5. The normalized spacial score (nSPS) is 10.3. The van der Waals surface area contributed by atoms with Crippen LogP contribution >= 0.6 is 23.2 Å². The molecule has 6 aromatic rings. The maximum atomic E-state index is 13.3. The molecule has 3 amide bonds. The number of benzene rings is 4. The van der Waals surface area contributed by atoms with E-state index >= 15 is 0 Å². The van der Waals surface area contributed by atoms with Crippen LogP contribution in [0.4, 0.5) is 8.78 Å². The second-order valence-electron chi connectivity index (χ2n) is 22.5. The number of aliphatic hydroxyl groups excluding tert-OH is 2. The number of halogens is 4. The highest BCUT2D eigenvalue weighted by Crippen LogP contribution is 2.35. The molecule has 2 aliphatic heterocycles. The van der Waals surface area contributed by atoms with Gasteiger partial charge in [-0.2, -0.15) is 0 Å². The highest BCUT2D eigenvalue weighted by molar-refractivity contribution is 8.07. The number of nitrogens with one attached hydrogen (secondary N) is 5. The molecule has 2 aliphatic rings. The number of aromatic amines is 2. The molecule has 0 saturated carbocycles. The molecule has 0 unspecified atom stereocenters. The molecule has 4 heterocycles. The number of amides is 3. The van der Waals surface area contributed by atoms with E-state index < -0.39 is 36.2 Å². The van der Waals surface area contributed by atoms with Crippen LogP contribution in [0.15, 0.2) is 84.9 Å². The van der Waals surface area contributed by atoms with Gasteiger partial charge < -0.3 is 47.0 Å². The monoisotopic (exact) mass is 1770 g/mol. The number of H-pyrrole nitrogens is 2. The molecule has 4 aromatic carbocycles. The van der Waals surface area contributed by atoms with Crippen LogP contribution in [0.2, 0.25) is 10.0 Å². The van der Waals surface area contributed by atoms with Gasteiger partial charge in [0.25, 0.3) is 0 Å². The number of fused-ring (bicyclic) bond motifs is 2. The van der Waals surface area contributed by atoms with Crippen molar-refractivity contribution in [2.75, 3.05) is 13.1 Å². The van der Waals surface area contributed by atoms with E-state index in [1.807, 2.05) is 24.3 Å². The topological polar surface area (TPSA) is 223 Å². The molecule has 8 rings (SSSR count). The lowest BCUT2D eigenvalue weighted by atomic mass is 10.0. The molecule has 2 fully saturated rings. The molecule has 0 bridgehead atoms. The number of β-amino-alcohol motifs (C(OH)–C–C–N with tert-alkyl or cyclic N) is 2. The fraction of sp³-hybridized carbons (Fsp3) is 0.0973. The number of hydrogen-bond acceptors (Lipinski definition) is 9. The van der Waals surface area contributed by atoms with E-state index in [0.717, 1.165) is 55.4 Å². The van der Waals surface area contributed by atoms with E-state index in [1.54, 1.807) is 36.4 Å². The number of nitrogens with two attached hydrogens (primary N) is 1. The Kier molecular flexibility index (Phi) is 54.9. The summed E-state index contributed by atoms with van der Waals surface area (Å²) in [6.07, 6.45) is 9.15. The summed E-state index contributed by atoms with van der Waals surface area (Å²) < 4.78 is 26.4. The molecule has 132 heavy (non-hydrogen) atoms. The van der Waals surface area contributed by atoms with Gasteiger partial charge in [-0.3, -0.25) is 19.2 Å². The van der Waals surface area contributed by atoms with Crippen LogP contribution < -0.4 is 21.7 Å². The van der Waals surface area contributed by atoms with Crippen molar-refractivity contribution in [2.24, 2.45) is 5.73 Å². The zero-order valence-corrected chi connectivity index (χ0v) is 70.3. The zero-order valence-electron chi connectivity index (χ0n) is 67.2. The van der Waals surface area contributed by atoms with E-state index in [2.05, 4.69) is 451 Å². The van der Waals surface area contributed by atoms with Crippen molar-refractivity contribution in [2.45, 2.75) is 57.4 Å². The molecule has 0 aliphatic carbocycles. The summed E-state index contributed by atoms with van der Waals surface area (Å²) in [7, 11) is 0. The Labute approximate surface area is 786 Å². The molecule has 10 N–H and O–H groups in total. The molecule has 19 heteroatoms. The standard InChI is InChI=1S/C70H2.C21H19ClFN3O3.C17H13ClFNO2.C4H8N2O2.CH4.S2/c1-3-5-7-9-11-13-15-17-19-21-23-25-27-29-31-33-35-37-39-41-43-45-47-49-51-53-55-57-59-61-63-65-67-69-70-68-66-64-62-60-58-56-54-52-50-48-46-44-42-40-38-36-34-32-30-28-26-24-22-20-18-16-14-12-10-8-6-4-2;22-12-3-7-16-15(9-12)14(19(25-16)11-1-4-13(23)5-2-11)6-8-18(28)26-20-17(27)10-24-21(20)29;18-11-3-7-15-14(9-11)13(6-8-16(21)22)17(20-15)10-1-4-12(19)5-2-10;5-3-2(7)1-6-4(3)8;;1-2/h1-2H;1-5,7,9,17,20,25,27H,6,8,10H2,(H,24,29)(H,26,28);1-5,7,9,20H,6,8H2,(H,21,22);2-3,7H,1,5H2,(H,6,8);1H4;/t;17-,20+;;2-,3+;;/m.1.1../s1. The van der Waals surface area contributed by atoms with Gasteiger partial charge in [-0.15, -0.1) is 12.8 Å². The number of aliphatic hydroxyl groups is 2. The van der Waals surface area contributed by atoms with Gasteiger partial charge in [-0.05, 0) is 215 Å². The summed E-state index contributed by atoms with van der Waals surface area (Å²) in [4.78, 5) is 52.0. The second kappa shape index (κ2) is 68.8. The number of carboxylic acids is 1. The smallest absolute Gasteiger partial charge is 0.303 e. The lowest BCUT2D eigenvalue weighted by molar-refractivity contribution is -0.137. The quantitative estimate of drug-likeness (QED) is 0.0771. The lowest BCUT2D eigenvalue weighted by Crippen LogP contribution is -2.45. The number of aryl methyl sites for hydroxylation is 2. The van der Waals surface area contributed by atoms with Gasteiger partial charge in [-0.25, -0.2) is 8.78 Å². The zero-order chi connectivity index (χ0) is 94.5. The summed E-state index contributed by atoms with van der Waals surface area (Å²) in [5.74, 6) is 166. The highest BCUT2D eigenvalue weighted by atomic mass is 35.5. The number of aromatic nitrogens is 2. The first kappa shape index (κ1) is 105. The number of carbonyl (C=O) groups excluding carboxylic acids is 3. The Hall–Kier alpha value is -20.8. The fourth-order valence-electron chi connectivity index (χ4n) is 8.87. The van der Waals surface area contributed by atoms with E-state index in [-0.39, 0.29) is 50.3 Å². The third-order valence-corrected chi connectivity index (χ3v) is 14.5. The molecule has 0 spiro atoms. The predicted molar refractivity (Wildman–Crippen MR) is 515 cm³/mol. The second-order valence-corrected chi connectivity index (χ2v) is 23.4. The first-order valence-corrected chi connectivity index (χ1v) is 38.1. The fourth-order valence-corrected chi connectivity index (χ4v) is 9.21. The number of rotatable bonds is 9. The van der Waals surface area contributed by atoms with Gasteiger partial charge in [-0.1, -0.05) is 30.6 Å². The minimum Gasteiger partial charge on any atom is -0.481 e. The Morgan fingerprint density at radius 2 is 0.598 bits per heavy atom. The average molecular weight is 1770 g/mol. The summed E-state index contributed by atoms with van der Waals surface area (Å²) in [6.45, 7) is 0.416. The minimum atomic E-state index is -0.937. The molecular formula is C113H46Cl2F2N6O7S2. The first-order valence-electron chi connectivity index (χ1n) is 36.0. The van der Waals surface area contributed by atoms with Gasteiger partial charge in [0, 0.05) is 399 Å². The Bertz CT molecular complexity index is 7770. The van der Waals surface area contributed by atoms with E-state index in [9.17, 15) is 33.1 Å². The molecule has 610 valence electrons. The van der Waals surface area contributed by atoms with Crippen molar-refractivity contribution in [1.29, 1.82) is 0 Å². The minimum absolute atomic E-state index is 0. The van der Waals surface area contributed by atoms with Gasteiger partial charge in [0.05, 0.1) is 6.10 Å². The van der Waals surface area contributed by atoms with E-state index in [1.165, 1.54) is 24.3 Å². The average Bonchev–Trinajstić information content (AvgIpc) is 1.64. The van der Waals surface area contributed by atoms with Crippen molar-refractivity contribution in [3.63, 3.8) is 0 Å². The number of carboxylic acid groups (broad SMARTS) is 1. The summed E-state index contributed by atoms with van der Waals surface area (Å²) in [5.41, 5.74) is 11.8. The van der Waals surface area contributed by atoms with E-state index in [4.69, 9.17) is 52.0 Å². The maximum Gasteiger partial charge on any atom is 0.303 e. The van der Waals surface area contributed by atoms with Crippen LogP contribution in [-0.4, -0.2) is 86.4 Å². The van der Waals surface area contributed by atoms with Crippen LogP contribution in [0.1, 0.15) is 31.4 Å². The SMILES string of the molecule is C.C#CC#CC#CC#CC#CC#CC#CC#CC#CC#CC#CC#CC#CC#CC#CC#CC#CC#CC#CC#CC#CC#CC#CC#CC#CC#CC#CC#CC#CC#CC#CC#CC#CC#CC#C.N[C@@H]1C(=O)NC[C@H]1O.O=C(CCc1c(-c2ccc(F)cc2)[nH]c2ccc(Cl)cc12)N[C@@H]1C(=O)NC[C@H]1O.O=C(O)CCc1c(-c2ccc(F)cc2)[nH]c2ccc(Cl)cc12.S=S. The molecule has 4 atom stereocenters. The Balaban J connectivity index is 0.000000574. The van der Waals surface area contributed by atoms with Gasteiger partial charge in [0.1, 0.15) is 29.8 Å². The lowest BCUT2D eigenvalue weighted by Gasteiger charge is -2.14. The Morgan fingerprint density at radius 3 is 0.795 bits per heavy atom. The van der Waals surface area contributed by atoms with Crippen molar-refractivity contribution in [1.82, 2.24) is 25.9 Å². The molecule has 2 saturated heterocycles. The van der Waals surface area contributed by atoms with Gasteiger partial charge in [0.15, 0.2) is 0 Å². The maximum absolute atomic E-state index is 13.3. The van der Waals surface area contributed by atoms with Gasteiger partial charge in [0.2, 0.25) is 17.7 Å². The molecule has 2 aromatic heterocycles. The van der Waals surface area contributed by atoms with Crippen LogP contribution in [0.25, 0.3) is 44.3 Å². The number of hydrogen-bond donors (Lipinski definition) is 9. The van der Waals surface area contributed by atoms with Crippen molar-refractivity contribution >= 4 is 91.1 Å². The number of carbonyl (C=O) groups is 4. The third kappa shape index (κ3) is 47.4. The van der Waals surface area contributed by atoms with Crippen molar-refractivity contribution in [3.8, 4) is 438 Å². The van der Waals surface area contributed by atoms with Crippen LogP contribution in [0.3, 0.4) is 0 Å². The largest absolute Gasteiger partial charge is 0.481 e. The third-order valence-electron chi connectivity index (χ3n) is 14.1. The number of terminal acetylenes is 2. The van der Waals surface area contributed by atoms with Crippen LogP contribution in [-0.2, 0) is 54.4 Å². The molecule has 13 nitrogen and oxygen atoms in total. The predicted octanol–water partition coefficient (Wildman–Crippen LogP) is 5.98. The summed E-state index contributed by atoms with van der Waals surface area (Å²) in [5, 5.41) is 37.9.